The first-order valence-corrected chi connectivity index (χ1v) is 6.09. The van der Waals surface area contributed by atoms with Crippen molar-refractivity contribution in [2.75, 3.05) is 6.61 Å². The Morgan fingerprint density at radius 3 is 2.53 bits per heavy atom. The van der Waals surface area contributed by atoms with Crippen molar-refractivity contribution in [3.63, 3.8) is 0 Å². The highest BCUT2D eigenvalue weighted by Crippen LogP contribution is 2.31. The molecule has 0 bridgehead atoms. The lowest BCUT2D eigenvalue weighted by Crippen LogP contribution is -2.19. The highest BCUT2D eigenvalue weighted by molar-refractivity contribution is 5.88. The van der Waals surface area contributed by atoms with Gasteiger partial charge in [0.2, 0.25) is 5.69 Å². The molecule has 0 fully saturated rings. The van der Waals surface area contributed by atoms with Gasteiger partial charge in [-0.3, -0.25) is 0 Å². The van der Waals surface area contributed by atoms with E-state index in [1.54, 1.807) is 0 Å². The summed E-state index contributed by atoms with van der Waals surface area (Å²) in [5.41, 5.74) is -1.91. The van der Waals surface area contributed by atoms with Crippen molar-refractivity contribution in [1.82, 2.24) is 15.0 Å². The van der Waals surface area contributed by atoms with Crippen LogP contribution in [-0.2, 0) is 17.5 Å². The minimum atomic E-state index is -4.68. The summed E-state index contributed by atoms with van der Waals surface area (Å²) in [6, 6.07) is 0. The minimum absolute atomic E-state index is 0.0151. The van der Waals surface area contributed by atoms with Crippen LogP contribution in [0.4, 0.5) is 13.2 Å². The molecule has 0 saturated heterocycles. The van der Waals surface area contributed by atoms with Crippen molar-refractivity contribution in [1.29, 1.82) is 0 Å². The summed E-state index contributed by atoms with van der Waals surface area (Å²) >= 11 is 0. The molecule has 1 aromatic rings. The molecule has 0 aliphatic heterocycles. The zero-order chi connectivity index (χ0) is 14.5. The van der Waals surface area contributed by atoms with E-state index in [1.165, 1.54) is 6.92 Å². The number of ether oxygens (including phenoxy) is 1. The molecule has 0 amide bonds. The van der Waals surface area contributed by atoms with E-state index in [4.69, 9.17) is 0 Å². The van der Waals surface area contributed by atoms with E-state index >= 15 is 0 Å². The van der Waals surface area contributed by atoms with Crippen LogP contribution in [0.3, 0.4) is 0 Å². The van der Waals surface area contributed by atoms with Crippen molar-refractivity contribution >= 4 is 5.97 Å². The minimum Gasteiger partial charge on any atom is -0.461 e. The van der Waals surface area contributed by atoms with Gasteiger partial charge in [-0.1, -0.05) is 25.0 Å². The van der Waals surface area contributed by atoms with Crippen molar-refractivity contribution in [3.05, 3.63) is 11.4 Å². The van der Waals surface area contributed by atoms with Crippen molar-refractivity contribution < 1.29 is 22.7 Å². The first-order chi connectivity index (χ1) is 8.91. The monoisotopic (exact) mass is 279 g/mol. The zero-order valence-corrected chi connectivity index (χ0v) is 10.8. The predicted octanol–water partition coefficient (Wildman–Crippen LogP) is 2.66. The number of aryl methyl sites for hydroxylation is 1. The second-order valence-electron chi connectivity index (χ2n) is 3.94. The van der Waals surface area contributed by atoms with Crippen LogP contribution in [0, 0.1) is 0 Å². The quantitative estimate of drug-likeness (QED) is 0.593. The maximum absolute atomic E-state index is 12.9. The third kappa shape index (κ3) is 3.93. The SMILES string of the molecule is CCCCCn1nnc(C(=O)OCC)c1C(F)(F)F. The Morgan fingerprint density at radius 2 is 2.00 bits per heavy atom. The number of aromatic nitrogens is 3. The second-order valence-corrected chi connectivity index (χ2v) is 3.94. The lowest BCUT2D eigenvalue weighted by Gasteiger charge is -2.10. The van der Waals surface area contributed by atoms with Gasteiger partial charge in [-0.15, -0.1) is 5.10 Å². The number of nitrogens with zero attached hydrogens (tertiary/aromatic N) is 3. The Morgan fingerprint density at radius 1 is 1.32 bits per heavy atom. The molecule has 1 aromatic heterocycles. The number of hydrogen-bond acceptors (Lipinski definition) is 4. The molecule has 19 heavy (non-hydrogen) atoms. The summed E-state index contributed by atoms with van der Waals surface area (Å²) in [5.74, 6) is -1.10. The summed E-state index contributed by atoms with van der Waals surface area (Å²) in [5, 5.41) is 6.70. The number of esters is 1. The maximum atomic E-state index is 12.9. The van der Waals surface area contributed by atoms with Gasteiger partial charge in [-0.2, -0.15) is 13.2 Å². The Hall–Kier alpha value is -1.60. The lowest BCUT2D eigenvalue weighted by atomic mass is 10.2. The average molecular weight is 279 g/mol. The molecule has 0 atom stereocenters. The number of halogens is 3. The Bertz CT molecular complexity index is 429. The van der Waals surface area contributed by atoms with Crippen molar-refractivity contribution in [2.24, 2.45) is 0 Å². The van der Waals surface area contributed by atoms with Gasteiger partial charge >= 0.3 is 12.1 Å². The van der Waals surface area contributed by atoms with Crippen LogP contribution in [0.2, 0.25) is 0 Å². The number of hydrogen-bond donors (Lipinski definition) is 0. The largest absolute Gasteiger partial charge is 0.461 e. The van der Waals surface area contributed by atoms with Gasteiger partial charge < -0.3 is 4.74 Å². The first kappa shape index (κ1) is 15.5. The number of carbonyl (C=O) groups excluding carboxylic acids is 1. The normalized spacial score (nSPS) is 11.6. The fourth-order valence-corrected chi connectivity index (χ4v) is 1.60. The van der Waals surface area contributed by atoms with Gasteiger partial charge in [0.25, 0.3) is 0 Å². The van der Waals surface area contributed by atoms with E-state index in [0.29, 0.717) is 6.42 Å². The highest BCUT2D eigenvalue weighted by Gasteiger charge is 2.41. The van der Waals surface area contributed by atoms with E-state index in [-0.39, 0.29) is 13.2 Å². The van der Waals surface area contributed by atoms with Crippen LogP contribution in [0.1, 0.15) is 49.3 Å². The van der Waals surface area contributed by atoms with Gasteiger partial charge in [0.15, 0.2) is 5.69 Å². The molecular weight excluding hydrogens is 263 g/mol. The van der Waals surface area contributed by atoms with E-state index in [9.17, 15) is 18.0 Å². The Balaban J connectivity index is 3.02. The Labute approximate surface area is 108 Å². The predicted molar refractivity (Wildman–Crippen MR) is 60.5 cm³/mol. The molecular formula is C11H16F3N3O2. The van der Waals surface area contributed by atoms with Crippen LogP contribution in [0.5, 0.6) is 0 Å². The van der Waals surface area contributed by atoms with Crippen molar-refractivity contribution in [3.8, 4) is 0 Å². The zero-order valence-electron chi connectivity index (χ0n) is 10.8. The number of carbonyl (C=O) groups is 1. The van der Waals surface area contributed by atoms with E-state index < -0.39 is 23.5 Å². The van der Waals surface area contributed by atoms with Gasteiger partial charge in [0.1, 0.15) is 0 Å². The molecule has 0 N–H and O–H groups in total. The number of alkyl halides is 3. The fraction of sp³-hybridized carbons (Fsp3) is 0.727. The highest BCUT2D eigenvalue weighted by atomic mass is 19.4. The summed E-state index contributed by atoms with van der Waals surface area (Å²) in [7, 11) is 0. The van der Waals surface area contributed by atoms with Crippen LogP contribution in [-0.4, -0.2) is 27.6 Å². The topological polar surface area (TPSA) is 57.0 Å². The standard InChI is InChI=1S/C11H16F3N3O2/c1-3-5-6-7-17-9(11(12,13)14)8(15-16-17)10(18)19-4-2/h3-7H2,1-2H3. The molecule has 8 heteroatoms. The maximum Gasteiger partial charge on any atom is 0.435 e. The second kappa shape index (κ2) is 6.53. The molecule has 0 aromatic carbocycles. The van der Waals surface area contributed by atoms with Gasteiger partial charge in [0, 0.05) is 6.54 Å². The molecule has 0 spiro atoms. The molecule has 5 nitrogen and oxygen atoms in total. The van der Waals surface area contributed by atoms with E-state index in [2.05, 4.69) is 15.0 Å². The molecule has 1 rings (SSSR count). The molecule has 0 saturated carbocycles. The molecule has 108 valence electrons. The smallest absolute Gasteiger partial charge is 0.435 e. The van der Waals surface area contributed by atoms with Crippen molar-refractivity contribution in [2.45, 2.75) is 45.8 Å². The van der Waals surface area contributed by atoms with E-state index in [1.807, 2.05) is 6.92 Å². The number of unbranched alkanes of at least 4 members (excludes halogenated alkanes) is 2. The summed E-state index contributed by atoms with van der Waals surface area (Å²) < 4.78 is 44.1. The summed E-state index contributed by atoms with van der Waals surface area (Å²) in [6.07, 6.45) is -2.48. The fourth-order valence-electron chi connectivity index (χ4n) is 1.60. The third-order valence-electron chi connectivity index (χ3n) is 2.45. The van der Waals surface area contributed by atoms with Gasteiger partial charge in [0.05, 0.1) is 6.61 Å². The summed E-state index contributed by atoms with van der Waals surface area (Å²) in [4.78, 5) is 11.4. The van der Waals surface area contributed by atoms with Gasteiger partial charge in [-0.05, 0) is 13.3 Å². The average Bonchev–Trinajstić information content (AvgIpc) is 2.73. The first-order valence-electron chi connectivity index (χ1n) is 6.09. The van der Waals surface area contributed by atoms with Crippen LogP contribution < -0.4 is 0 Å². The van der Waals surface area contributed by atoms with Crippen LogP contribution in [0.25, 0.3) is 0 Å². The van der Waals surface area contributed by atoms with Gasteiger partial charge in [-0.25, -0.2) is 9.48 Å². The summed E-state index contributed by atoms with van der Waals surface area (Å²) in [6.45, 7) is 3.51. The molecule has 0 aliphatic rings. The Kier molecular flexibility index (Phi) is 5.31. The number of rotatable bonds is 6. The van der Waals surface area contributed by atoms with Crippen LogP contribution in [0.15, 0.2) is 0 Å². The van der Waals surface area contributed by atoms with E-state index in [0.717, 1.165) is 17.5 Å². The molecule has 0 radical (unpaired) electrons. The molecule has 0 unspecified atom stereocenters. The lowest BCUT2D eigenvalue weighted by molar-refractivity contribution is -0.144. The molecule has 1 heterocycles. The molecule has 0 aliphatic carbocycles. The third-order valence-corrected chi connectivity index (χ3v) is 2.45. The van der Waals surface area contributed by atoms with Crippen LogP contribution >= 0.6 is 0 Å².